The van der Waals surface area contributed by atoms with Gasteiger partial charge in [0.15, 0.2) is 0 Å². The van der Waals surface area contributed by atoms with Crippen molar-refractivity contribution >= 4 is 33.3 Å². The van der Waals surface area contributed by atoms with Crippen molar-refractivity contribution in [2.45, 2.75) is 12.8 Å². The van der Waals surface area contributed by atoms with Gasteiger partial charge in [-0.25, -0.2) is 4.99 Å². The minimum atomic E-state index is 0.777. The number of benzene rings is 1. The molecule has 1 rings (SSSR count). The first-order valence-corrected chi connectivity index (χ1v) is 5.31. The van der Waals surface area contributed by atoms with Crippen LogP contribution in [0, 0.1) is 0 Å². The van der Waals surface area contributed by atoms with Crippen molar-refractivity contribution in [3.05, 3.63) is 34.3 Å². The molecule has 0 saturated heterocycles. The summed E-state index contributed by atoms with van der Waals surface area (Å²) in [6.45, 7) is 0.777. The molecule has 0 aliphatic rings. The third kappa shape index (κ3) is 4.32. The number of aliphatic imine (C=N–C) groups is 1. The van der Waals surface area contributed by atoms with Crippen LogP contribution >= 0.6 is 28.1 Å². The first-order chi connectivity index (χ1) is 6.33. The fraction of sp³-hybridized carbons (Fsp3) is 0.300. The predicted molar refractivity (Wildman–Crippen MR) is 62.4 cm³/mol. The lowest BCUT2D eigenvalue weighted by Crippen LogP contribution is -1.87. The maximum Gasteiger partial charge on any atom is 0.0584 e. The zero-order valence-corrected chi connectivity index (χ0v) is 9.57. The number of hydrogen-bond donors (Lipinski definition) is 0. The molecule has 0 unspecified atom stereocenters. The monoisotopic (exact) mass is 255 g/mol. The SMILES string of the molecule is S=C=NCCCc1ccc(Br)cc1. The van der Waals surface area contributed by atoms with E-state index in [1.54, 1.807) is 0 Å². The van der Waals surface area contributed by atoms with E-state index >= 15 is 0 Å². The fourth-order valence-corrected chi connectivity index (χ4v) is 1.41. The summed E-state index contributed by atoms with van der Waals surface area (Å²) in [6, 6.07) is 8.34. The molecule has 0 aromatic heterocycles. The van der Waals surface area contributed by atoms with Gasteiger partial charge >= 0.3 is 0 Å². The number of nitrogens with zero attached hydrogens (tertiary/aromatic N) is 1. The summed E-state index contributed by atoms with van der Waals surface area (Å²) in [7, 11) is 0. The van der Waals surface area contributed by atoms with Gasteiger partial charge in [-0.05, 0) is 42.8 Å². The second kappa shape index (κ2) is 6.03. The molecule has 0 bridgehead atoms. The second-order valence-corrected chi connectivity index (χ2v) is 3.80. The standard InChI is InChI=1S/C10H10BrNS/c11-10-5-3-9(4-6-10)2-1-7-12-8-13/h3-6H,1-2,7H2. The van der Waals surface area contributed by atoms with E-state index < -0.39 is 0 Å². The molecule has 68 valence electrons. The Morgan fingerprint density at radius 1 is 1.31 bits per heavy atom. The van der Waals surface area contributed by atoms with Crippen molar-refractivity contribution in [2.24, 2.45) is 4.99 Å². The highest BCUT2D eigenvalue weighted by atomic mass is 79.9. The summed E-state index contributed by atoms with van der Waals surface area (Å²) in [5, 5.41) is 2.36. The molecule has 1 aromatic rings. The summed E-state index contributed by atoms with van der Waals surface area (Å²) >= 11 is 7.87. The maximum atomic E-state index is 4.48. The average molecular weight is 256 g/mol. The van der Waals surface area contributed by atoms with Gasteiger partial charge in [-0.1, -0.05) is 28.1 Å². The molecule has 3 heteroatoms. The minimum absolute atomic E-state index is 0.777. The van der Waals surface area contributed by atoms with Gasteiger partial charge in [-0.2, -0.15) is 0 Å². The molecule has 0 atom stereocenters. The number of hydrogen-bond acceptors (Lipinski definition) is 2. The quantitative estimate of drug-likeness (QED) is 0.456. The molecule has 0 N–H and O–H groups in total. The van der Waals surface area contributed by atoms with Gasteiger partial charge in [0, 0.05) is 11.0 Å². The molecule has 13 heavy (non-hydrogen) atoms. The molecule has 1 aromatic carbocycles. The topological polar surface area (TPSA) is 12.4 Å². The molecule has 0 amide bonds. The second-order valence-electron chi connectivity index (χ2n) is 2.70. The van der Waals surface area contributed by atoms with E-state index in [9.17, 15) is 0 Å². The van der Waals surface area contributed by atoms with E-state index in [0.717, 1.165) is 23.9 Å². The Bertz CT molecular complexity index is 301. The van der Waals surface area contributed by atoms with Crippen LogP contribution in [0.1, 0.15) is 12.0 Å². The van der Waals surface area contributed by atoms with Crippen LogP contribution in [0.4, 0.5) is 0 Å². The number of isothiocyanates is 1. The van der Waals surface area contributed by atoms with Gasteiger partial charge in [0.1, 0.15) is 0 Å². The minimum Gasteiger partial charge on any atom is -0.233 e. The van der Waals surface area contributed by atoms with E-state index in [1.807, 2.05) is 0 Å². The van der Waals surface area contributed by atoms with Crippen LogP contribution in [0.3, 0.4) is 0 Å². The predicted octanol–water partition coefficient (Wildman–Crippen LogP) is 3.48. The van der Waals surface area contributed by atoms with Crippen molar-refractivity contribution in [1.82, 2.24) is 0 Å². The molecule has 0 aliphatic carbocycles. The molecular weight excluding hydrogens is 246 g/mol. The number of thiocarbonyl (C=S) groups is 1. The molecule has 1 nitrogen and oxygen atoms in total. The Hall–Kier alpha value is -0.500. The first kappa shape index (κ1) is 10.6. The highest BCUT2D eigenvalue weighted by Crippen LogP contribution is 2.11. The van der Waals surface area contributed by atoms with Crippen LogP contribution in [0.2, 0.25) is 0 Å². The van der Waals surface area contributed by atoms with Crippen molar-refractivity contribution < 1.29 is 0 Å². The largest absolute Gasteiger partial charge is 0.233 e. The Labute approximate surface area is 92.0 Å². The van der Waals surface area contributed by atoms with Crippen LogP contribution in [0.25, 0.3) is 0 Å². The molecule has 0 saturated carbocycles. The molecule has 0 spiro atoms. The summed E-state index contributed by atoms with van der Waals surface area (Å²) < 4.78 is 1.12. The van der Waals surface area contributed by atoms with E-state index in [1.165, 1.54) is 5.56 Å². The van der Waals surface area contributed by atoms with E-state index in [0.29, 0.717) is 0 Å². The van der Waals surface area contributed by atoms with E-state index in [2.05, 4.69) is 62.6 Å². The Balaban J connectivity index is 2.37. The van der Waals surface area contributed by atoms with Crippen LogP contribution in [0.5, 0.6) is 0 Å². The molecule has 0 aliphatic heterocycles. The molecule has 0 heterocycles. The lowest BCUT2D eigenvalue weighted by molar-refractivity contribution is 0.837. The zero-order valence-electron chi connectivity index (χ0n) is 7.16. The number of rotatable bonds is 4. The zero-order chi connectivity index (χ0) is 9.52. The van der Waals surface area contributed by atoms with E-state index in [4.69, 9.17) is 0 Å². The number of halogens is 1. The number of aryl methyl sites for hydroxylation is 1. The van der Waals surface area contributed by atoms with Crippen molar-refractivity contribution in [1.29, 1.82) is 0 Å². The van der Waals surface area contributed by atoms with E-state index in [-0.39, 0.29) is 0 Å². The van der Waals surface area contributed by atoms with Crippen molar-refractivity contribution in [3.63, 3.8) is 0 Å². The fourth-order valence-electron chi connectivity index (χ4n) is 1.06. The van der Waals surface area contributed by atoms with Gasteiger partial charge in [0.25, 0.3) is 0 Å². The lowest BCUT2D eigenvalue weighted by Gasteiger charge is -1.98. The summed E-state index contributed by atoms with van der Waals surface area (Å²) in [4.78, 5) is 3.86. The maximum absolute atomic E-state index is 4.48. The lowest BCUT2D eigenvalue weighted by atomic mass is 10.1. The van der Waals surface area contributed by atoms with Gasteiger partial charge in [0.05, 0.1) is 5.16 Å². The average Bonchev–Trinajstić information content (AvgIpc) is 2.15. The van der Waals surface area contributed by atoms with Crippen LogP contribution in [0.15, 0.2) is 33.7 Å². The first-order valence-electron chi connectivity index (χ1n) is 4.11. The van der Waals surface area contributed by atoms with Crippen LogP contribution in [-0.2, 0) is 6.42 Å². The van der Waals surface area contributed by atoms with Gasteiger partial charge in [-0.3, -0.25) is 0 Å². The van der Waals surface area contributed by atoms with Crippen LogP contribution < -0.4 is 0 Å². The molecule has 0 radical (unpaired) electrons. The Morgan fingerprint density at radius 3 is 2.62 bits per heavy atom. The van der Waals surface area contributed by atoms with Gasteiger partial charge in [-0.15, -0.1) is 0 Å². The summed E-state index contributed by atoms with van der Waals surface area (Å²) in [5.41, 5.74) is 1.34. The molecule has 0 fully saturated rings. The smallest absolute Gasteiger partial charge is 0.0584 e. The van der Waals surface area contributed by atoms with Crippen molar-refractivity contribution in [3.8, 4) is 0 Å². The highest BCUT2D eigenvalue weighted by molar-refractivity contribution is 9.10. The summed E-state index contributed by atoms with van der Waals surface area (Å²) in [6.07, 6.45) is 2.08. The highest BCUT2D eigenvalue weighted by Gasteiger charge is 1.92. The van der Waals surface area contributed by atoms with Gasteiger partial charge < -0.3 is 0 Å². The third-order valence-corrected chi connectivity index (χ3v) is 2.37. The van der Waals surface area contributed by atoms with Crippen LogP contribution in [-0.4, -0.2) is 11.7 Å². The normalized spacial score (nSPS) is 9.31. The Kier molecular flexibility index (Phi) is 4.91. The Morgan fingerprint density at radius 2 is 2.00 bits per heavy atom. The van der Waals surface area contributed by atoms with Crippen molar-refractivity contribution in [2.75, 3.05) is 6.54 Å². The summed E-state index contributed by atoms with van der Waals surface area (Å²) in [5.74, 6) is 0. The third-order valence-electron chi connectivity index (χ3n) is 1.71. The molecular formula is C10H10BrNS. The van der Waals surface area contributed by atoms with Gasteiger partial charge in [0.2, 0.25) is 0 Å².